The minimum atomic E-state index is -0.669. The van der Waals surface area contributed by atoms with Crippen molar-refractivity contribution in [1.29, 1.82) is 0 Å². The van der Waals surface area contributed by atoms with Gasteiger partial charge < -0.3 is 9.63 Å². The van der Waals surface area contributed by atoms with Crippen LogP contribution in [0.2, 0.25) is 5.02 Å². The summed E-state index contributed by atoms with van der Waals surface area (Å²) in [4.78, 5) is 0. The molecule has 0 fully saturated rings. The van der Waals surface area contributed by atoms with Gasteiger partial charge in [0.15, 0.2) is 5.76 Å². The lowest BCUT2D eigenvalue weighted by Gasteiger charge is -2.04. The Hall–Kier alpha value is -2.24. The van der Waals surface area contributed by atoms with Crippen LogP contribution in [0, 0.1) is 11.6 Å². The second kappa shape index (κ2) is 5.87. The fourth-order valence-corrected chi connectivity index (χ4v) is 2.43. The summed E-state index contributed by atoms with van der Waals surface area (Å²) >= 11 is 6.10. The summed E-state index contributed by atoms with van der Waals surface area (Å²) in [5, 5.41) is 13.9. The van der Waals surface area contributed by atoms with Crippen molar-refractivity contribution in [1.82, 2.24) is 5.16 Å². The van der Waals surface area contributed by atoms with Crippen molar-refractivity contribution in [3.63, 3.8) is 0 Å². The van der Waals surface area contributed by atoms with Crippen molar-refractivity contribution in [3.8, 4) is 22.6 Å². The van der Waals surface area contributed by atoms with Crippen molar-refractivity contribution >= 4 is 11.6 Å². The molecule has 0 radical (unpaired) electrons. The summed E-state index contributed by atoms with van der Waals surface area (Å²) in [7, 11) is 0. The number of nitrogens with zero attached hydrogens (tertiary/aromatic N) is 1. The molecule has 1 heterocycles. The number of aliphatic hydroxyl groups is 1. The van der Waals surface area contributed by atoms with Gasteiger partial charge in [0.1, 0.15) is 17.3 Å². The van der Waals surface area contributed by atoms with Gasteiger partial charge in [-0.1, -0.05) is 35.0 Å². The molecule has 0 aliphatic carbocycles. The average molecular weight is 322 g/mol. The number of rotatable bonds is 3. The first-order valence-electron chi connectivity index (χ1n) is 6.41. The first kappa shape index (κ1) is 14.7. The molecule has 3 aromatic rings. The van der Waals surface area contributed by atoms with Crippen LogP contribution < -0.4 is 0 Å². The maximum absolute atomic E-state index is 13.9. The van der Waals surface area contributed by atoms with E-state index in [-0.39, 0.29) is 16.9 Å². The molecule has 2 aromatic carbocycles. The van der Waals surface area contributed by atoms with Crippen LogP contribution in [0.4, 0.5) is 8.78 Å². The van der Waals surface area contributed by atoms with Crippen molar-refractivity contribution in [2.24, 2.45) is 0 Å². The van der Waals surface area contributed by atoms with E-state index in [1.807, 2.05) is 0 Å². The fraction of sp³-hybridized carbons (Fsp3) is 0.0625. The zero-order valence-corrected chi connectivity index (χ0v) is 11.9. The predicted octanol–water partition coefficient (Wildman–Crippen LogP) is 4.43. The Kier molecular flexibility index (Phi) is 3.92. The summed E-state index contributed by atoms with van der Waals surface area (Å²) in [5.74, 6) is -1.30. The van der Waals surface area contributed by atoms with E-state index in [0.717, 1.165) is 18.2 Å². The van der Waals surface area contributed by atoms with Gasteiger partial charge in [-0.05, 0) is 24.3 Å². The second-order valence-electron chi connectivity index (χ2n) is 4.60. The van der Waals surface area contributed by atoms with Gasteiger partial charge in [-0.25, -0.2) is 8.78 Å². The topological polar surface area (TPSA) is 46.3 Å². The molecule has 22 heavy (non-hydrogen) atoms. The molecular weight excluding hydrogens is 312 g/mol. The second-order valence-corrected chi connectivity index (χ2v) is 5.01. The lowest BCUT2D eigenvalue weighted by molar-refractivity contribution is 0.281. The van der Waals surface area contributed by atoms with Gasteiger partial charge in [-0.3, -0.25) is 0 Å². The number of aromatic nitrogens is 1. The number of halogens is 3. The first-order valence-corrected chi connectivity index (χ1v) is 6.79. The Labute approximate surface area is 129 Å². The molecule has 0 bridgehead atoms. The normalized spacial score (nSPS) is 10.9. The van der Waals surface area contributed by atoms with Crippen LogP contribution in [-0.4, -0.2) is 10.3 Å². The van der Waals surface area contributed by atoms with E-state index in [9.17, 15) is 13.9 Å². The Morgan fingerprint density at radius 3 is 2.59 bits per heavy atom. The minimum Gasteiger partial charge on any atom is -0.391 e. The molecule has 0 unspecified atom stereocenters. The van der Waals surface area contributed by atoms with E-state index in [0.29, 0.717) is 16.3 Å². The quantitative estimate of drug-likeness (QED) is 0.776. The van der Waals surface area contributed by atoms with E-state index in [4.69, 9.17) is 16.1 Å². The predicted molar refractivity (Wildman–Crippen MR) is 78.2 cm³/mol. The Morgan fingerprint density at radius 1 is 1.09 bits per heavy atom. The SMILES string of the molecule is OCc1c(-c2ccccc2Cl)noc1-c1cc(F)ccc1F. The molecule has 1 aromatic heterocycles. The van der Waals surface area contributed by atoms with E-state index < -0.39 is 18.2 Å². The summed E-state index contributed by atoms with van der Waals surface area (Å²) in [6.45, 7) is -0.449. The zero-order chi connectivity index (χ0) is 15.7. The van der Waals surface area contributed by atoms with Gasteiger partial charge in [-0.15, -0.1) is 0 Å². The van der Waals surface area contributed by atoms with Crippen LogP contribution >= 0.6 is 11.6 Å². The number of benzene rings is 2. The summed E-state index contributed by atoms with van der Waals surface area (Å²) in [5.41, 5.74) is 0.985. The maximum Gasteiger partial charge on any atom is 0.176 e. The highest BCUT2D eigenvalue weighted by Gasteiger charge is 2.22. The molecule has 3 rings (SSSR count). The van der Waals surface area contributed by atoms with Gasteiger partial charge in [-0.2, -0.15) is 0 Å². The van der Waals surface area contributed by atoms with Crippen molar-refractivity contribution in [2.75, 3.05) is 0 Å². The highest BCUT2D eigenvalue weighted by atomic mass is 35.5. The van der Waals surface area contributed by atoms with E-state index in [2.05, 4.69) is 5.16 Å². The maximum atomic E-state index is 13.9. The average Bonchev–Trinajstić information content (AvgIpc) is 2.93. The molecule has 0 aliphatic heterocycles. The third-order valence-electron chi connectivity index (χ3n) is 3.25. The summed E-state index contributed by atoms with van der Waals surface area (Å²) in [6.07, 6.45) is 0. The molecule has 0 atom stereocenters. The monoisotopic (exact) mass is 321 g/mol. The van der Waals surface area contributed by atoms with Crippen LogP contribution in [0.5, 0.6) is 0 Å². The molecule has 112 valence electrons. The molecule has 0 spiro atoms. The van der Waals surface area contributed by atoms with Gasteiger partial charge in [0, 0.05) is 5.56 Å². The highest BCUT2D eigenvalue weighted by Crippen LogP contribution is 2.36. The van der Waals surface area contributed by atoms with Crippen LogP contribution in [0.3, 0.4) is 0 Å². The minimum absolute atomic E-state index is 0.0191. The lowest BCUT2D eigenvalue weighted by Crippen LogP contribution is -1.92. The summed E-state index contributed by atoms with van der Waals surface area (Å²) < 4.78 is 32.4. The molecule has 0 saturated carbocycles. The molecular formula is C16H10ClF2NO2. The molecule has 0 amide bonds. The highest BCUT2D eigenvalue weighted by molar-refractivity contribution is 6.33. The molecule has 0 aliphatic rings. The largest absolute Gasteiger partial charge is 0.391 e. The smallest absolute Gasteiger partial charge is 0.176 e. The molecule has 3 nitrogen and oxygen atoms in total. The summed E-state index contributed by atoms with van der Waals surface area (Å²) in [6, 6.07) is 9.84. The molecule has 1 N–H and O–H groups in total. The van der Waals surface area contributed by atoms with Crippen LogP contribution in [0.1, 0.15) is 5.56 Å². The van der Waals surface area contributed by atoms with E-state index in [1.54, 1.807) is 24.3 Å². The third kappa shape index (κ3) is 2.49. The number of aliphatic hydroxyl groups excluding tert-OH is 1. The number of hydrogen-bond donors (Lipinski definition) is 1. The molecule has 0 saturated heterocycles. The first-order chi connectivity index (χ1) is 10.6. The van der Waals surface area contributed by atoms with E-state index in [1.165, 1.54) is 0 Å². The Balaban J connectivity index is 2.20. The standard InChI is InChI=1S/C16H10ClF2NO2/c17-13-4-2-1-3-10(13)15-12(8-21)16(22-20-15)11-7-9(18)5-6-14(11)19/h1-7,21H,8H2. The van der Waals surface area contributed by atoms with Gasteiger partial charge >= 0.3 is 0 Å². The fourth-order valence-electron chi connectivity index (χ4n) is 2.20. The lowest BCUT2D eigenvalue weighted by atomic mass is 10.0. The number of hydrogen-bond acceptors (Lipinski definition) is 3. The van der Waals surface area contributed by atoms with E-state index >= 15 is 0 Å². The molecule has 6 heteroatoms. The van der Waals surface area contributed by atoms with Crippen molar-refractivity contribution < 1.29 is 18.4 Å². The Bertz CT molecular complexity index is 833. The van der Waals surface area contributed by atoms with Gasteiger partial charge in [0.2, 0.25) is 0 Å². The van der Waals surface area contributed by atoms with Crippen molar-refractivity contribution in [3.05, 3.63) is 64.7 Å². The Morgan fingerprint density at radius 2 is 1.86 bits per heavy atom. The van der Waals surface area contributed by atoms with Crippen LogP contribution in [0.15, 0.2) is 47.0 Å². The van der Waals surface area contributed by atoms with Crippen LogP contribution in [-0.2, 0) is 6.61 Å². The van der Waals surface area contributed by atoms with Gasteiger partial charge in [0.25, 0.3) is 0 Å². The zero-order valence-electron chi connectivity index (χ0n) is 11.2. The third-order valence-corrected chi connectivity index (χ3v) is 3.58. The van der Waals surface area contributed by atoms with Gasteiger partial charge in [0.05, 0.1) is 22.8 Å². The van der Waals surface area contributed by atoms with Crippen LogP contribution in [0.25, 0.3) is 22.6 Å². The van der Waals surface area contributed by atoms with Crippen molar-refractivity contribution in [2.45, 2.75) is 6.61 Å².